The Morgan fingerprint density at radius 2 is 1.73 bits per heavy atom. The van der Waals surface area contributed by atoms with Gasteiger partial charge in [-0.25, -0.2) is 0 Å². The first-order valence-corrected chi connectivity index (χ1v) is 6.20. The van der Waals surface area contributed by atoms with Crippen molar-refractivity contribution in [2.24, 2.45) is 21.7 Å². The van der Waals surface area contributed by atoms with Crippen LogP contribution in [0.25, 0.3) is 0 Å². The monoisotopic (exact) mass is 211 g/mol. The van der Waals surface area contributed by atoms with Gasteiger partial charge in [-0.15, -0.1) is 0 Å². The Balaban J connectivity index is 4.54. The van der Waals surface area contributed by atoms with Crippen molar-refractivity contribution >= 4 is 6.21 Å². The SMILES string of the molecule is CCC(C)CCC(C)(/C=N/C)C(C)(C)C. The number of hydrogen-bond donors (Lipinski definition) is 0. The topological polar surface area (TPSA) is 12.4 Å². The molecule has 0 aliphatic carbocycles. The zero-order chi connectivity index (χ0) is 12.1. The number of nitrogens with zero attached hydrogens (tertiary/aromatic N) is 1. The van der Waals surface area contributed by atoms with Gasteiger partial charge in [-0.2, -0.15) is 0 Å². The number of aliphatic imine (C=N–C) groups is 1. The summed E-state index contributed by atoms with van der Waals surface area (Å²) in [5.41, 5.74) is 0.519. The van der Waals surface area contributed by atoms with Crippen molar-refractivity contribution < 1.29 is 0 Å². The highest BCUT2D eigenvalue weighted by atomic mass is 14.7. The molecule has 1 nitrogen and oxygen atoms in total. The molecule has 2 atom stereocenters. The van der Waals surface area contributed by atoms with Gasteiger partial charge in [0.25, 0.3) is 0 Å². The van der Waals surface area contributed by atoms with Crippen molar-refractivity contribution in [2.45, 2.75) is 60.8 Å². The molecule has 0 N–H and O–H groups in total. The maximum atomic E-state index is 4.25. The van der Waals surface area contributed by atoms with Gasteiger partial charge in [0.05, 0.1) is 0 Å². The van der Waals surface area contributed by atoms with Gasteiger partial charge < -0.3 is 4.99 Å². The lowest BCUT2D eigenvalue weighted by molar-refractivity contribution is 0.172. The van der Waals surface area contributed by atoms with Crippen LogP contribution in [0.5, 0.6) is 0 Å². The summed E-state index contributed by atoms with van der Waals surface area (Å²) in [6, 6.07) is 0. The van der Waals surface area contributed by atoms with E-state index in [0.717, 1.165) is 5.92 Å². The van der Waals surface area contributed by atoms with Crippen molar-refractivity contribution in [3.63, 3.8) is 0 Å². The summed E-state index contributed by atoms with van der Waals surface area (Å²) >= 11 is 0. The third-order valence-corrected chi connectivity index (χ3v) is 3.98. The van der Waals surface area contributed by atoms with Gasteiger partial charge in [-0.1, -0.05) is 48.0 Å². The predicted octanol–water partition coefficient (Wildman–Crippen LogP) is 4.57. The Morgan fingerprint density at radius 1 is 1.20 bits per heavy atom. The summed E-state index contributed by atoms with van der Waals surface area (Å²) in [5, 5.41) is 0. The Kier molecular flexibility index (Phi) is 5.55. The van der Waals surface area contributed by atoms with Crippen LogP contribution in [-0.2, 0) is 0 Å². The van der Waals surface area contributed by atoms with Gasteiger partial charge in [0.2, 0.25) is 0 Å². The molecule has 0 bridgehead atoms. The Morgan fingerprint density at radius 3 is 2.07 bits per heavy atom. The van der Waals surface area contributed by atoms with Crippen molar-refractivity contribution in [1.82, 2.24) is 0 Å². The molecule has 2 unspecified atom stereocenters. The lowest BCUT2D eigenvalue weighted by Crippen LogP contribution is -2.34. The van der Waals surface area contributed by atoms with Crippen molar-refractivity contribution in [2.75, 3.05) is 7.05 Å². The highest BCUT2D eigenvalue weighted by Crippen LogP contribution is 2.41. The largest absolute Gasteiger partial charge is 0.300 e. The molecule has 0 aliphatic rings. The van der Waals surface area contributed by atoms with E-state index in [1.54, 1.807) is 0 Å². The maximum absolute atomic E-state index is 4.25. The molecule has 0 aromatic rings. The molecule has 0 aromatic heterocycles. The first kappa shape index (κ1) is 14.7. The van der Waals surface area contributed by atoms with E-state index in [1.165, 1.54) is 19.3 Å². The Labute approximate surface area is 96.4 Å². The highest BCUT2D eigenvalue weighted by molar-refractivity contribution is 5.66. The Hall–Kier alpha value is -0.330. The van der Waals surface area contributed by atoms with Gasteiger partial charge in [-0.3, -0.25) is 0 Å². The molecule has 0 saturated carbocycles. The van der Waals surface area contributed by atoms with Gasteiger partial charge in [-0.05, 0) is 24.2 Å². The molecule has 0 amide bonds. The van der Waals surface area contributed by atoms with Crippen LogP contribution >= 0.6 is 0 Å². The van der Waals surface area contributed by atoms with E-state index >= 15 is 0 Å². The summed E-state index contributed by atoms with van der Waals surface area (Å²) in [6.07, 6.45) is 5.97. The van der Waals surface area contributed by atoms with Crippen molar-refractivity contribution in [3.8, 4) is 0 Å². The Bertz CT molecular complexity index is 200. The van der Waals surface area contributed by atoms with Crippen molar-refractivity contribution in [3.05, 3.63) is 0 Å². The van der Waals surface area contributed by atoms with Gasteiger partial charge in [0.1, 0.15) is 0 Å². The fraction of sp³-hybridized carbons (Fsp3) is 0.929. The zero-order valence-corrected chi connectivity index (χ0v) is 11.7. The van der Waals surface area contributed by atoms with Crippen LogP contribution in [0.3, 0.4) is 0 Å². The predicted molar refractivity (Wildman–Crippen MR) is 70.7 cm³/mol. The molecule has 0 saturated heterocycles. The fourth-order valence-corrected chi connectivity index (χ4v) is 1.67. The molecule has 0 heterocycles. The second-order valence-corrected chi connectivity index (χ2v) is 6.11. The van der Waals surface area contributed by atoms with Gasteiger partial charge >= 0.3 is 0 Å². The van der Waals surface area contributed by atoms with E-state index in [2.05, 4.69) is 52.7 Å². The van der Waals surface area contributed by atoms with Crippen LogP contribution in [-0.4, -0.2) is 13.3 Å². The minimum absolute atomic E-state index is 0.227. The summed E-state index contributed by atoms with van der Waals surface area (Å²) in [7, 11) is 1.88. The van der Waals surface area contributed by atoms with Crippen LogP contribution in [0, 0.1) is 16.7 Å². The van der Waals surface area contributed by atoms with Crippen LogP contribution < -0.4 is 0 Å². The van der Waals surface area contributed by atoms with Crippen LogP contribution in [0.4, 0.5) is 0 Å². The van der Waals surface area contributed by atoms with E-state index in [4.69, 9.17) is 0 Å². The summed E-state index contributed by atoms with van der Waals surface area (Å²) in [6.45, 7) is 13.9. The van der Waals surface area contributed by atoms with E-state index < -0.39 is 0 Å². The quantitative estimate of drug-likeness (QED) is 0.591. The molecular weight excluding hydrogens is 182 g/mol. The molecule has 0 radical (unpaired) electrons. The van der Waals surface area contributed by atoms with Gasteiger partial charge in [0.15, 0.2) is 0 Å². The van der Waals surface area contributed by atoms with Crippen molar-refractivity contribution in [1.29, 1.82) is 0 Å². The molecule has 0 aliphatic heterocycles. The second kappa shape index (κ2) is 5.67. The lowest BCUT2D eigenvalue weighted by atomic mass is 9.65. The normalized spacial score (nSPS) is 19.1. The lowest BCUT2D eigenvalue weighted by Gasteiger charge is -2.39. The first-order valence-electron chi connectivity index (χ1n) is 6.20. The van der Waals surface area contributed by atoms with E-state index in [0.29, 0.717) is 5.41 Å². The molecular formula is C14H29N. The molecule has 0 fully saturated rings. The molecule has 0 aromatic carbocycles. The molecule has 15 heavy (non-hydrogen) atoms. The van der Waals surface area contributed by atoms with Gasteiger partial charge in [0, 0.05) is 18.7 Å². The average molecular weight is 211 g/mol. The van der Waals surface area contributed by atoms with Crippen LogP contribution in [0.2, 0.25) is 0 Å². The molecule has 0 spiro atoms. The molecule has 0 rings (SSSR count). The van der Waals surface area contributed by atoms with E-state index in [-0.39, 0.29) is 5.41 Å². The smallest absolute Gasteiger partial charge is 0.0273 e. The zero-order valence-electron chi connectivity index (χ0n) is 11.7. The second-order valence-electron chi connectivity index (χ2n) is 6.11. The third-order valence-electron chi connectivity index (χ3n) is 3.98. The van der Waals surface area contributed by atoms with Crippen LogP contribution in [0.15, 0.2) is 4.99 Å². The van der Waals surface area contributed by atoms with E-state index in [9.17, 15) is 0 Å². The minimum Gasteiger partial charge on any atom is -0.300 e. The summed E-state index contributed by atoms with van der Waals surface area (Å²) in [5.74, 6) is 0.830. The molecule has 1 heteroatoms. The van der Waals surface area contributed by atoms with Crippen LogP contribution in [0.1, 0.15) is 60.8 Å². The molecule has 90 valence electrons. The maximum Gasteiger partial charge on any atom is 0.0273 e. The summed E-state index contributed by atoms with van der Waals surface area (Å²) in [4.78, 5) is 4.25. The number of rotatable bonds is 5. The summed E-state index contributed by atoms with van der Waals surface area (Å²) < 4.78 is 0. The third kappa shape index (κ3) is 4.36. The fourth-order valence-electron chi connectivity index (χ4n) is 1.67. The number of hydrogen-bond acceptors (Lipinski definition) is 1. The first-order chi connectivity index (χ1) is 6.77. The standard InChI is InChI=1S/C14H29N/c1-8-12(2)9-10-14(6,11-15-7)13(3,4)5/h11-12H,8-10H2,1-7H3/b15-11+. The van der Waals surface area contributed by atoms with E-state index in [1.807, 2.05) is 7.05 Å². The minimum atomic E-state index is 0.227. The highest BCUT2D eigenvalue weighted by Gasteiger charge is 2.35. The average Bonchev–Trinajstić information content (AvgIpc) is 2.13.